The van der Waals surface area contributed by atoms with E-state index in [1.807, 2.05) is 6.92 Å². The van der Waals surface area contributed by atoms with Crippen molar-refractivity contribution in [2.75, 3.05) is 6.54 Å². The molecule has 4 nitrogen and oxygen atoms in total. The molecule has 2 aromatic rings. The van der Waals surface area contributed by atoms with Crippen LogP contribution in [0.5, 0.6) is 0 Å². The predicted octanol–water partition coefficient (Wildman–Crippen LogP) is 2.44. The molecule has 0 saturated heterocycles. The van der Waals surface area contributed by atoms with Crippen LogP contribution in [-0.2, 0) is 18.3 Å². The number of benzene rings is 1. The molecule has 0 aliphatic carbocycles. The van der Waals surface area contributed by atoms with Gasteiger partial charge in [-0.15, -0.1) is 0 Å². The minimum Gasteiger partial charge on any atom is -0.337 e. The molecule has 0 bridgehead atoms. The maximum absolute atomic E-state index is 13.5. The van der Waals surface area contributed by atoms with Crippen LogP contribution in [0.3, 0.4) is 0 Å². The fourth-order valence-electron chi connectivity index (χ4n) is 2.96. The molecule has 21 heavy (non-hydrogen) atoms. The van der Waals surface area contributed by atoms with E-state index in [0.29, 0.717) is 24.2 Å². The Bertz CT molecular complexity index is 691. The predicted molar refractivity (Wildman–Crippen MR) is 73.4 cm³/mol. The molecule has 0 spiro atoms. The van der Waals surface area contributed by atoms with Crippen molar-refractivity contribution in [3.05, 3.63) is 41.1 Å². The standard InChI is InChI=1S/C15H15F2N3O/c1-9-14-13(3-4-20(9)8-21)15(19(2)18-14)10-5-11(16)7-12(17)6-10/h5-9H,3-4H2,1-2H3/t9-/m0/s1. The Morgan fingerprint density at radius 2 is 1.95 bits per heavy atom. The molecular formula is C15H15F2N3O. The van der Waals surface area contributed by atoms with Crippen molar-refractivity contribution in [3.8, 4) is 11.3 Å². The van der Waals surface area contributed by atoms with E-state index < -0.39 is 11.6 Å². The minimum atomic E-state index is -0.613. The molecule has 1 aromatic carbocycles. The minimum absolute atomic E-state index is 0.135. The van der Waals surface area contributed by atoms with Gasteiger partial charge >= 0.3 is 0 Å². The fourth-order valence-corrected chi connectivity index (χ4v) is 2.96. The van der Waals surface area contributed by atoms with Gasteiger partial charge in [-0.3, -0.25) is 9.48 Å². The Balaban J connectivity index is 2.15. The van der Waals surface area contributed by atoms with Crippen molar-refractivity contribution in [3.63, 3.8) is 0 Å². The van der Waals surface area contributed by atoms with Gasteiger partial charge in [0, 0.05) is 30.8 Å². The van der Waals surface area contributed by atoms with Gasteiger partial charge in [0.05, 0.1) is 17.4 Å². The van der Waals surface area contributed by atoms with Gasteiger partial charge in [-0.05, 0) is 25.5 Å². The first kappa shape index (κ1) is 13.7. The number of hydrogen-bond acceptors (Lipinski definition) is 2. The first-order chi connectivity index (χ1) is 10.0. The van der Waals surface area contributed by atoms with Crippen molar-refractivity contribution < 1.29 is 13.6 Å². The van der Waals surface area contributed by atoms with Crippen LogP contribution in [0.2, 0.25) is 0 Å². The molecule has 1 aliphatic rings. The van der Waals surface area contributed by atoms with Gasteiger partial charge in [0.2, 0.25) is 6.41 Å². The van der Waals surface area contributed by atoms with E-state index >= 15 is 0 Å². The van der Waals surface area contributed by atoms with Crippen LogP contribution in [0, 0.1) is 11.6 Å². The zero-order valence-electron chi connectivity index (χ0n) is 11.8. The highest BCUT2D eigenvalue weighted by molar-refractivity contribution is 5.66. The summed E-state index contributed by atoms with van der Waals surface area (Å²) in [6, 6.07) is 3.32. The van der Waals surface area contributed by atoms with E-state index in [2.05, 4.69) is 5.10 Å². The van der Waals surface area contributed by atoms with Gasteiger partial charge in [0.15, 0.2) is 0 Å². The van der Waals surface area contributed by atoms with Crippen LogP contribution in [0.15, 0.2) is 18.2 Å². The largest absolute Gasteiger partial charge is 0.337 e. The molecule has 0 saturated carbocycles. The van der Waals surface area contributed by atoms with Gasteiger partial charge in [0.1, 0.15) is 11.6 Å². The lowest BCUT2D eigenvalue weighted by Gasteiger charge is -2.29. The number of rotatable bonds is 2. The SMILES string of the molecule is C[C@H]1c2nn(C)c(-c3cc(F)cc(F)c3)c2CCN1C=O. The molecule has 1 amide bonds. The Morgan fingerprint density at radius 3 is 2.57 bits per heavy atom. The summed E-state index contributed by atoms with van der Waals surface area (Å²) in [5, 5.41) is 4.44. The summed E-state index contributed by atoms with van der Waals surface area (Å²) in [7, 11) is 1.74. The third-order valence-electron chi connectivity index (χ3n) is 3.96. The zero-order valence-corrected chi connectivity index (χ0v) is 11.8. The Kier molecular flexibility index (Phi) is 3.23. The number of nitrogens with zero attached hydrogens (tertiary/aromatic N) is 3. The van der Waals surface area contributed by atoms with E-state index in [1.165, 1.54) is 12.1 Å². The topological polar surface area (TPSA) is 38.1 Å². The van der Waals surface area contributed by atoms with Crippen molar-refractivity contribution in [1.29, 1.82) is 0 Å². The second-order valence-corrected chi connectivity index (χ2v) is 5.26. The second-order valence-electron chi connectivity index (χ2n) is 5.26. The van der Waals surface area contributed by atoms with Gasteiger partial charge in [-0.2, -0.15) is 5.10 Å². The first-order valence-corrected chi connectivity index (χ1v) is 6.74. The molecule has 0 unspecified atom stereocenters. The highest BCUT2D eigenvalue weighted by atomic mass is 19.1. The summed E-state index contributed by atoms with van der Waals surface area (Å²) in [4.78, 5) is 12.7. The normalized spacial score (nSPS) is 17.7. The Morgan fingerprint density at radius 1 is 1.29 bits per heavy atom. The van der Waals surface area contributed by atoms with Crippen molar-refractivity contribution in [1.82, 2.24) is 14.7 Å². The summed E-state index contributed by atoms with van der Waals surface area (Å²) in [5.74, 6) is -1.23. The highest BCUT2D eigenvalue weighted by Gasteiger charge is 2.29. The Labute approximate surface area is 121 Å². The number of aryl methyl sites for hydroxylation is 1. The third-order valence-corrected chi connectivity index (χ3v) is 3.96. The van der Waals surface area contributed by atoms with Gasteiger partial charge in [0.25, 0.3) is 0 Å². The average molecular weight is 291 g/mol. The van der Waals surface area contributed by atoms with Crippen molar-refractivity contribution in [2.24, 2.45) is 7.05 Å². The van der Waals surface area contributed by atoms with Crippen LogP contribution >= 0.6 is 0 Å². The molecule has 0 N–H and O–H groups in total. The molecule has 110 valence electrons. The summed E-state index contributed by atoms with van der Waals surface area (Å²) in [5.41, 5.74) is 2.92. The number of amides is 1. The lowest BCUT2D eigenvalue weighted by molar-refractivity contribution is -0.120. The molecule has 1 aromatic heterocycles. The first-order valence-electron chi connectivity index (χ1n) is 6.74. The summed E-state index contributed by atoms with van der Waals surface area (Å²) in [6.45, 7) is 2.48. The van der Waals surface area contributed by atoms with Crippen LogP contribution in [-0.4, -0.2) is 27.6 Å². The quantitative estimate of drug-likeness (QED) is 0.797. The molecule has 6 heteroatoms. The third kappa shape index (κ3) is 2.20. The lowest BCUT2D eigenvalue weighted by atomic mass is 9.96. The van der Waals surface area contributed by atoms with Crippen molar-refractivity contribution in [2.45, 2.75) is 19.4 Å². The fraction of sp³-hybridized carbons (Fsp3) is 0.333. The number of fused-ring (bicyclic) bond motifs is 1. The number of aromatic nitrogens is 2. The van der Waals surface area contributed by atoms with Crippen LogP contribution < -0.4 is 0 Å². The van der Waals surface area contributed by atoms with Gasteiger partial charge in [-0.1, -0.05) is 0 Å². The monoisotopic (exact) mass is 291 g/mol. The molecule has 2 heterocycles. The van der Waals surface area contributed by atoms with E-state index in [9.17, 15) is 13.6 Å². The average Bonchev–Trinajstić information content (AvgIpc) is 2.75. The molecule has 0 fully saturated rings. The molecule has 1 atom stereocenters. The van der Waals surface area contributed by atoms with Crippen LogP contribution in [0.25, 0.3) is 11.3 Å². The number of hydrogen-bond donors (Lipinski definition) is 0. The lowest BCUT2D eigenvalue weighted by Crippen LogP contribution is -2.32. The molecule has 0 radical (unpaired) electrons. The van der Waals surface area contributed by atoms with Gasteiger partial charge < -0.3 is 4.90 Å². The summed E-state index contributed by atoms with van der Waals surface area (Å²) >= 11 is 0. The smallest absolute Gasteiger partial charge is 0.210 e. The van der Waals surface area contributed by atoms with Crippen LogP contribution in [0.1, 0.15) is 24.2 Å². The molecular weight excluding hydrogens is 276 g/mol. The van der Waals surface area contributed by atoms with Gasteiger partial charge in [-0.25, -0.2) is 8.78 Å². The summed E-state index contributed by atoms with van der Waals surface area (Å²) < 4.78 is 28.5. The number of halogens is 2. The Hall–Kier alpha value is -2.24. The van der Waals surface area contributed by atoms with E-state index in [-0.39, 0.29) is 6.04 Å². The highest BCUT2D eigenvalue weighted by Crippen LogP contribution is 2.35. The number of carbonyl (C=O) groups excluding carboxylic acids is 1. The van der Waals surface area contributed by atoms with E-state index in [4.69, 9.17) is 0 Å². The second kappa shape index (κ2) is 4.95. The van der Waals surface area contributed by atoms with E-state index in [0.717, 1.165) is 23.7 Å². The maximum Gasteiger partial charge on any atom is 0.210 e. The van der Waals surface area contributed by atoms with Crippen molar-refractivity contribution >= 4 is 6.41 Å². The zero-order chi connectivity index (χ0) is 15.1. The maximum atomic E-state index is 13.5. The van der Waals surface area contributed by atoms with Crippen LogP contribution in [0.4, 0.5) is 8.78 Å². The number of carbonyl (C=O) groups is 1. The van der Waals surface area contributed by atoms with E-state index in [1.54, 1.807) is 16.6 Å². The summed E-state index contributed by atoms with van der Waals surface area (Å²) in [6.07, 6.45) is 1.43. The molecule has 3 rings (SSSR count). The molecule has 1 aliphatic heterocycles.